The lowest BCUT2D eigenvalue weighted by Crippen LogP contribution is -2.24. The molecule has 0 unspecified atom stereocenters. The Labute approximate surface area is 111 Å². The fourth-order valence-electron chi connectivity index (χ4n) is 1.51. The Bertz CT molecular complexity index is 332. The Morgan fingerprint density at radius 3 is 2.28 bits per heavy atom. The van der Waals surface area contributed by atoms with Crippen molar-refractivity contribution in [3.63, 3.8) is 0 Å². The second kappa shape index (κ2) is 7.31. The van der Waals surface area contributed by atoms with Gasteiger partial charge in [0.05, 0.1) is 0 Å². The summed E-state index contributed by atoms with van der Waals surface area (Å²) >= 11 is 0. The van der Waals surface area contributed by atoms with Gasteiger partial charge in [0, 0.05) is 44.1 Å². The predicted octanol–water partition coefficient (Wildman–Crippen LogP) is 2.46. The van der Waals surface area contributed by atoms with E-state index in [1.54, 1.807) is 0 Å². The molecule has 1 aromatic rings. The van der Waals surface area contributed by atoms with Gasteiger partial charge in [-0.05, 0) is 12.3 Å². The number of hydrogen-bond donors (Lipinski definition) is 1. The quantitative estimate of drug-likeness (QED) is 0.807. The highest BCUT2D eigenvalue weighted by atomic mass is 15.2. The lowest BCUT2D eigenvalue weighted by Gasteiger charge is -2.18. The molecule has 0 aliphatic rings. The van der Waals surface area contributed by atoms with Crippen molar-refractivity contribution in [3.05, 3.63) is 18.0 Å². The monoisotopic (exact) mass is 250 g/mol. The van der Waals surface area contributed by atoms with Crippen molar-refractivity contribution < 1.29 is 0 Å². The van der Waals surface area contributed by atoms with Crippen LogP contribution in [0.15, 0.2) is 12.4 Å². The van der Waals surface area contributed by atoms with Crippen molar-refractivity contribution in [2.24, 2.45) is 5.92 Å². The molecule has 4 heteroatoms. The first-order valence-corrected chi connectivity index (χ1v) is 6.74. The van der Waals surface area contributed by atoms with Crippen molar-refractivity contribution in [1.29, 1.82) is 0 Å². The second-order valence-electron chi connectivity index (χ2n) is 5.53. The Morgan fingerprint density at radius 1 is 1.17 bits per heavy atom. The van der Waals surface area contributed by atoms with E-state index < -0.39 is 0 Å². The van der Waals surface area contributed by atoms with Gasteiger partial charge >= 0.3 is 0 Å². The highest BCUT2D eigenvalue weighted by molar-refractivity contribution is 5.28. The summed E-state index contributed by atoms with van der Waals surface area (Å²) in [6.07, 6.45) is 4.98. The molecule has 102 valence electrons. The summed E-state index contributed by atoms with van der Waals surface area (Å²) in [4.78, 5) is 10.9. The third kappa shape index (κ3) is 5.45. The lowest BCUT2D eigenvalue weighted by molar-refractivity contribution is 0.579. The van der Waals surface area contributed by atoms with Gasteiger partial charge in [-0.15, -0.1) is 0 Å². The number of nitrogens with one attached hydrogen (secondary N) is 1. The molecule has 1 N–H and O–H groups in total. The molecule has 0 radical (unpaired) electrons. The lowest BCUT2D eigenvalue weighted by atomic mass is 10.1. The zero-order valence-corrected chi connectivity index (χ0v) is 12.3. The first-order chi connectivity index (χ1) is 8.49. The van der Waals surface area contributed by atoms with Crippen LogP contribution in [-0.2, 0) is 6.54 Å². The van der Waals surface area contributed by atoms with Crippen molar-refractivity contribution in [2.45, 2.75) is 46.7 Å². The van der Waals surface area contributed by atoms with Gasteiger partial charge in [-0.1, -0.05) is 27.7 Å². The Balaban J connectivity index is 2.48. The van der Waals surface area contributed by atoms with Gasteiger partial charge in [-0.25, -0.2) is 9.97 Å². The third-order valence-electron chi connectivity index (χ3n) is 2.79. The number of rotatable bonds is 7. The molecule has 1 heterocycles. The SMILES string of the molecule is CC(C)CCN(C)c1ncc(CNC(C)C)cn1. The zero-order valence-electron chi connectivity index (χ0n) is 12.3. The maximum atomic E-state index is 4.41. The van der Waals surface area contributed by atoms with Crippen LogP contribution in [-0.4, -0.2) is 29.6 Å². The number of nitrogens with zero attached hydrogens (tertiary/aromatic N) is 3. The van der Waals surface area contributed by atoms with E-state index in [1.807, 2.05) is 19.4 Å². The van der Waals surface area contributed by atoms with Crippen LogP contribution in [0.25, 0.3) is 0 Å². The summed E-state index contributed by atoms with van der Waals surface area (Å²) < 4.78 is 0. The summed E-state index contributed by atoms with van der Waals surface area (Å²) in [6, 6.07) is 0.485. The van der Waals surface area contributed by atoms with E-state index in [0.29, 0.717) is 12.0 Å². The van der Waals surface area contributed by atoms with Crippen LogP contribution in [0.3, 0.4) is 0 Å². The van der Waals surface area contributed by atoms with Gasteiger partial charge in [0.1, 0.15) is 0 Å². The molecular weight excluding hydrogens is 224 g/mol. The summed E-state index contributed by atoms with van der Waals surface area (Å²) in [5.41, 5.74) is 1.13. The van der Waals surface area contributed by atoms with Gasteiger partial charge in [-0.3, -0.25) is 0 Å². The largest absolute Gasteiger partial charge is 0.344 e. The molecule has 0 aromatic carbocycles. The molecule has 0 bridgehead atoms. The minimum absolute atomic E-state index is 0.485. The minimum Gasteiger partial charge on any atom is -0.344 e. The van der Waals surface area contributed by atoms with E-state index >= 15 is 0 Å². The Kier molecular flexibility index (Phi) is 6.05. The van der Waals surface area contributed by atoms with Gasteiger partial charge in [0.25, 0.3) is 0 Å². The molecule has 1 rings (SSSR count). The highest BCUT2D eigenvalue weighted by Gasteiger charge is 2.05. The molecule has 0 aliphatic heterocycles. The molecule has 1 aromatic heterocycles. The number of anilines is 1. The second-order valence-corrected chi connectivity index (χ2v) is 5.53. The van der Waals surface area contributed by atoms with E-state index in [4.69, 9.17) is 0 Å². The van der Waals surface area contributed by atoms with Crippen LogP contribution < -0.4 is 10.2 Å². The molecule has 0 spiro atoms. The number of aromatic nitrogens is 2. The molecule has 0 fully saturated rings. The molecule has 0 aliphatic carbocycles. The van der Waals surface area contributed by atoms with E-state index in [0.717, 1.165) is 31.0 Å². The summed E-state index contributed by atoms with van der Waals surface area (Å²) in [6.45, 7) is 10.6. The van der Waals surface area contributed by atoms with Crippen molar-refractivity contribution in [3.8, 4) is 0 Å². The van der Waals surface area contributed by atoms with Crippen LogP contribution in [0, 0.1) is 5.92 Å². The van der Waals surface area contributed by atoms with Crippen LogP contribution in [0.4, 0.5) is 5.95 Å². The highest BCUT2D eigenvalue weighted by Crippen LogP contribution is 2.08. The third-order valence-corrected chi connectivity index (χ3v) is 2.79. The average molecular weight is 250 g/mol. The normalized spacial score (nSPS) is 11.3. The van der Waals surface area contributed by atoms with Crippen molar-refractivity contribution in [1.82, 2.24) is 15.3 Å². The van der Waals surface area contributed by atoms with E-state index in [1.165, 1.54) is 0 Å². The van der Waals surface area contributed by atoms with Gasteiger partial charge in [0.2, 0.25) is 5.95 Å². The van der Waals surface area contributed by atoms with Gasteiger partial charge < -0.3 is 10.2 Å². The Hall–Kier alpha value is -1.16. The first kappa shape index (κ1) is 14.9. The van der Waals surface area contributed by atoms with Crippen LogP contribution >= 0.6 is 0 Å². The molecule has 0 atom stereocenters. The van der Waals surface area contributed by atoms with Crippen LogP contribution in [0.2, 0.25) is 0 Å². The molecule has 4 nitrogen and oxygen atoms in total. The fraction of sp³-hybridized carbons (Fsp3) is 0.714. The number of hydrogen-bond acceptors (Lipinski definition) is 4. The van der Waals surface area contributed by atoms with Crippen molar-refractivity contribution >= 4 is 5.95 Å². The minimum atomic E-state index is 0.485. The average Bonchev–Trinajstić information content (AvgIpc) is 2.34. The molecule has 18 heavy (non-hydrogen) atoms. The fourth-order valence-corrected chi connectivity index (χ4v) is 1.51. The maximum absolute atomic E-state index is 4.41. The first-order valence-electron chi connectivity index (χ1n) is 6.74. The topological polar surface area (TPSA) is 41.1 Å². The zero-order chi connectivity index (χ0) is 13.5. The summed E-state index contributed by atoms with van der Waals surface area (Å²) in [5, 5.41) is 3.36. The van der Waals surface area contributed by atoms with E-state index in [9.17, 15) is 0 Å². The van der Waals surface area contributed by atoms with Gasteiger partial charge in [0.15, 0.2) is 0 Å². The standard InChI is InChI=1S/C14H26N4/c1-11(2)6-7-18(5)14-16-9-13(10-17-14)8-15-12(3)4/h9-12,15H,6-8H2,1-5H3. The molecule has 0 saturated heterocycles. The van der Waals surface area contributed by atoms with Crippen LogP contribution in [0.1, 0.15) is 39.7 Å². The van der Waals surface area contributed by atoms with Crippen LogP contribution in [0.5, 0.6) is 0 Å². The smallest absolute Gasteiger partial charge is 0.224 e. The predicted molar refractivity (Wildman–Crippen MR) is 76.7 cm³/mol. The van der Waals surface area contributed by atoms with Crippen molar-refractivity contribution in [2.75, 3.05) is 18.5 Å². The van der Waals surface area contributed by atoms with E-state index in [2.05, 4.69) is 47.9 Å². The summed E-state index contributed by atoms with van der Waals surface area (Å²) in [7, 11) is 2.05. The molecule has 0 amide bonds. The van der Waals surface area contributed by atoms with E-state index in [-0.39, 0.29) is 0 Å². The molecular formula is C14H26N4. The maximum Gasteiger partial charge on any atom is 0.224 e. The van der Waals surface area contributed by atoms with Gasteiger partial charge in [-0.2, -0.15) is 0 Å². The molecule has 0 saturated carbocycles. The summed E-state index contributed by atoms with van der Waals surface area (Å²) in [5.74, 6) is 1.52. The Morgan fingerprint density at radius 2 is 1.78 bits per heavy atom.